The summed E-state index contributed by atoms with van der Waals surface area (Å²) >= 11 is 3.55. The summed E-state index contributed by atoms with van der Waals surface area (Å²) in [6.07, 6.45) is 4.34. The van der Waals surface area contributed by atoms with Crippen LogP contribution in [0.2, 0.25) is 0 Å². The van der Waals surface area contributed by atoms with Gasteiger partial charge in [0.25, 0.3) is 0 Å². The smallest absolute Gasteiger partial charge is 0.190 e. The summed E-state index contributed by atoms with van der Waals surface area (Å²) in [6, 6.07) is 0. The van der Waals surface area contributed by atoms with Gasteiger partial charge in [0.2, 0.25) is 0 Å². The summed E-state index contributed by atoms with van der Waals surface area (Å²) in [4.78, 5) is 14.4. The average molecular weight is 409 g/mol. The largest absolute Gasteiger partial charge is 0.369 e. The fourth-order valence-electron chi connectivity index (χ4n) is 3.18. The van der Waals surface area contributed by atoms with E-state index in [-0.39, 0.29) is 5.60 Å². The van der Waals surface area contributed by atoms with Crippen molar-refractivity contribution in [2.24, 2.45) is 0 Å². The number of aromatic nitrogens is 2. The van der Waals surface area contributed by atoms with Gasteiger partial charge in [-0.2, -0.15) is 0 Å². The molecule has 150 valence electrons. The number of fused-ring (bicyclic) bond motifs is 3. The van der Waals surface area contributed by atoms with E-state index in [9.17, 15) is 0 Å². The van der Waals surface area contributed by atoms with Gasteiger partial charge in [-0.1, -0.05) is 32.0 Å². The van der Waals surface area contributed by atoms with Crippen molar-refractivity contribution in [1.82, 2.24) is 14.9 Å². The van der Waals surface area contributed by atoms with Crippen LogP contribution in [0.15, 0.2) is 5.16 Å². The van der Waals surface area contributed by atoms with Crippen LogP contribution >= 0.6 is 23.1 Å². The zero-order valence-corrected chi connectivity index (χ0v) is 18.9. The second-order valence-corrected chi connectivity index (χ2v) is 9.89. The Labute approximate surface area is 171 Å². The lowest BCUT2D eigenvalue weighted by molar-refractivity contribution is -0.0542. The van der Waals surface area contributed by atoms with Crippen molar-refractivity contribution in [2.45, 2.75) is 63.8 Å². The van der Waals surface area contributed by atoms with Crippen LogP contribution in [0.3, 0.4) is 0 Å². The highest BCUT2D eigenvalue weighted by molar-refractivity contribution is 7.99. The van der Waals surface area contributed by atoms with E-state index >= 15 is 0 Å². The van der Waals surface area contributed by atoms with Crippen molar-refractivity contribution in [3.63, 3.8) is 0 Å². The quantitative estimate of drug-likeness (QED) is 0.365. The van der Waals surface area contributed by atoms with Crippen LogP contribution in [0.25, 0.3) is 10.2 Å². The maximum absolute atomic E-state index is 6.16. The maximum atomic E-state index is 6.16. The Kier molecular flexibility index (Phi) is 7.00. The highest BCUT2D eigenvalue weighted by Gasteiger charge is 2.33. The first-order valence-electron chi connectivity index (χ1n) is 9.93. The van der Waals surface area contributed by atoms with Gasteiger partial charge in [0.05, 0.1) is 17.6 Å². The first-order chi connectivity index (χ1) is 13.0. The molecule has 2 aromatic rings. The van der Waals surface area contributed by atoms with E-state index in [1.165, 1.54) is 28.7 Å². The van der Waals surface area contributed by atoms with Gasteiger partial charge in [0, 0.05) is 30.1 Å². The summed E-state index contributed by atoms with van der Waals surface area (Å²) in [5, 5.41) is 5.70. The molecule has 0 spiro atoms. The summed E-state index contributed by atoms with van der Waals surface area (Å²) in [6.45, 7) is 9.19. The van der Waals surface area contributed by atoms with Gasteiger partial charge >= 0.3 is 0 Å². The first kappa shape index (κ1) is 20.8. The average Bonchev–Trinajstić information content (AvgIpc) is 2.99. The van der Waals surface area contributed by atoms with Crippen LogP contribution in [-0.4, -0.2) is 53.4 Å². The number of anilines is 1. The van der Waals surface area contributed by atoms with E-state index in [0.717, 1.165) is 47.5 Å². The monoisotopic (exact) mass is 408 g/mol. The van der Waals surface area contributed by atoms with Crippen molar-refractivity contribution < 1.29 is 4.74 Å². The van der Waals surface area contributed by atoms with Gasteiger partial charge in [0.1, 0.15) is 10.6 Å². The molecule has 1 unspecified atom stereocenters. The van der Waals surface area contributed by atoms with Crippen molar-refractivity contribution in [2.75, 3.05) is 38.3 Å². The second kappa shape index (κ2) is 9.07. The number of hydrogen-bond acceptors (Lipinski definition) is 7. The van der Waals surface area contributed by atoms with Crippen molar-refractivity contribution >= 4 is 39.1 Å². The molecule has 7 heteroatoms. The third kappa shape index (κ3) is 4.94. The molecule has 0 saturated carbocycles. The van der Waals surface area contributed by atoms with Crippen molar-refractivity contribution in [1.29, 1.82) is 0 Å². The number of thioether (sulfide) groups is 1. The minimum atomic E-state index is -0.0868. The molecule has 0 fully saturated rings. The number of rotatable bonds is 9. The number of likely N-dealkylation sites (N-methyl/N-ethyl adjacent to an activating group) is 1. The molecule has 0 radical (unpaired) electrons. The molecular weight excluding hydrogens is 376 g/mol. The zero-order valence-electron chi connectivity index (χ0n) is 17.2. The predicted octanol–water partition coefficient (Wildman–Crippen LogP) is 4.80. The number of hydrogen-bond donors (Lipinski definition) is 1. The van der Waals surface area contributed by atoms with E-state index in [2.05, 4.69) is 45.1 Å². The molecule has 0 aromatic carbocycles. The van der Waals surface area contributed by atoms with Gasteiger partial charge in [0.15, 0.2) is 5.16 Å². The summed E-state index contributed by atoms with van der Waals surface area (Å²) in [5.41, 5.74) is 1.30. The van der Waals surface area contributed by atoms with Gasteiger partial charge in [-0.15, -0.1) is 11.3 Å². The van der Waals surface area contributed by atoms with E-state index in [4.69, 9.17) is 14.7 Å². The number of ether oxygens (including phenoxy) is 1. The van der Waals surface area contributed by atoms with Gasteiger partial charge < -0.3 is 15.0 Å². The molecule has 3 heterocycles. The lowest BCUT2D eigenvalue weighted by Crippen LogP contribution is -2.34. The Balaban J connectivity index is 1.97. The Bertz CT molecular complexity index is 777. The van der Waals surface area contributed by atoms with Crippen LogP contribution in [0.1, 0.15) is 50.5 Å². The van der Waals surface area contributed by atoms with Crippen LogP contribution in [0.4, 0.5) is 5.82 Å². The van der Waals surface area contributed by atoms with Crippen LogP contribution in [0, 0.1) is 0 Å². The minimum Gasteiger partial charge on any atom is -0.369 e. The predicted molar refractivity (Wildman–Crippen MR) is 117 cm³/mol. The molecular formula is C20H32N4OS2. The van der Waals surface area contributed by atoms with Crippen molar-refractivity contribution in [3.05, 3.63) is 10.4 Å². The van der Waals surface area contributed by atoms with E-state index in [1.54, 1.807) is 23.1 Å². The third-order valence-electron chi connectivity index (χ3n) is 5.14. The number of nitrogens with one attached hydrogen (secondary N) is 1. The molecule has 1 aliphatic heterocycles. The van der Waals surface area contributed by atoms with E-state index < -0.39 is 0 Å². The topological polar surface area (TPSA) is 50.3 Å². The number of nitrogens with zero attached hydrogens (tertiary/aromatic N) is 3. The van der Waals surface area contributed by atoms with Gasteiger partial charge in [-0.05, 0) is 39.4 Å². The summed E-state index contributed by atoms with van der Waals surface area (Å²) in [5.74, 6) is 2.07. The fourth-order valence-corrected chi connectivity index (χ4v) is 5.27. The third-order valence-corrected chi connectivity index (χ3v) is 7.18. The fraction of sp³-hybridized carbons (Fsp3) is 0.700. The van der Waals surface area contributed by atoms with Crippen LogP contribution in [-0.2, 0) is 17.8 Å². The Hall–Kier alpha value is -0.890. The Morgan fingerprint density at radius 2 is 2.11 bits per heavy atom. The zero-order chi connectivity index (χ0) is 19.4. The highest BCUT2D eigenvalue weighted by atomic mass is 32.2. The van der Waals surface area contributed by atoms with Crippen LogP contribution in [0.5, 0.6) is 0 Å². The van der Waals surface area contributed by atoms with Crippen molar-refractivity contribution in [3.8, 4) is 0 Å². The SMILES string of the molecule is CCCCSc1nc(NCCN(C)C)c2c3c(sc2n1)COC(C)(CC)C3. The molecule has 0 aliphatic carbocycles. The number of unbranched alkanes of at least 4 members (excludes halogenated alkanes) is 1. The van der Waals surface area contributed by atoms with E-state index in [1.807, 2.05) is 0 Å². The normalized spacial score (nSPS) is 19.6. The van der Waals surface area contributed by atoms with Crippen LogP contribution < -0.4 is 5.32 Å². The molecule has 5 nitrogen and oxygen atoms in total. The van der Waals surface area contributed by atoms with Gasteiger partial charge in [-0.3, -0.25) is 0 Å². The molecule has 27 heavy (non-hydrogen) atoms. The highest BCUT2D eigenvalue weighted by Crippen LogP contribution is 2.42. The number of thiophene rings is 1. The van der Waals surface area contributed by atoms with Gasteiger partial charge in [-0.25, -0.2) is 9.97 Å². The molecule has 1 atom stereocenters. The summed E-state index contributed by atoms with van der Waals surface area (Å²) < 4.78 is 6.16. The first-order valence-corrected chi connectivity index (χ1v) is 11.7. The maximum Gasteiger partial charge on any atom is 0.190 e. The summed E-state index contributed by atoms with van der Waals surface area (Å²) in [7, 11) is 4.19. The second-order valence-electron chi connectivity index (χ2n) is 7.74. The lowest BCUT2D eigenvalue weighted by Gasteiger charge is -2.33. The standard InChI is InChI=1S/C20H32N4OS2/c1-6-8-11-26-19-22-17(21-9-10-24(4)5)16-14-12-20(3,7-2)25-13-15(14)27-18(16)23-19/h6-13H2,1-5H3,(H,21,22,23). The molecule has 3 rings (SSSR count). The Morgan fingerprint density at radius 1 is 1.30 bits per heavy atom. The molecule has 0 amide bonds. The minimum absolute atomic E-state index is 0.0868. The molecule has 0 bridgehead atoms. The molecule has 0 saturated heterocycles. The lowest BCUT2D eigenvalue weighted by atomic mass is 9.90. The molecule has 1 aliphatic rings. The molecule has 2 aromatic heterocycles. The Morgan fingerprint density at radius 3 is 2.81 bits per heavy atom. The molecule has 1 N–H and O–H groups in total. The van der Waals surface area contributed by atoms with E-state index in [0.29, 0.717) is 6.61 Å².